The number of aromatic nitrogens is 3. The van der Waals surface area contributed by atoms with Gasteiger partial charge in [-0.05, 0) is 49.1 Å². The predicted molar refractivity (Wildman–Crippen MR) is 178 cm³/mol. The molecule has 2 aliphatic rings. The minimum absolute atomic E-state index is 0.0442. The second-order valence-electron chi connectivity index (χ2n) is 13.2. The van der Waals surface area contributed by atoms with Crippen LogP contribution in [0.1, 0.15) is 46.6 Å². The first-order chi connectivity index (χ1) is 19.7. The van der Waals surface area contributed by atoms with Crippen LogP contribution in [0, 0.1) is 11.3 Å². The van der Waals surface area contributed by atoms with Crippen LogP contribution in [0.3, 0.4) is 0 Å². The van der Waals surface area contributed by atoms with E-state index >= 15 is 0 Å². The highest BCUT2D eigenvalue weighted by Gasteiger charge is 2.50. The highest BCUT2D eigenvalue weighted by atomic mass is 32.3. The molecule has 0 saturated heterocycles. The average molecular weight is 596 g/mol. The normalized spacial score (nSPS) is 25.8. The summed E-state index contributed by atoms with van der Waals surface area (Å²) in [5.41, 5.74) is 1.66. The number of nitrogens with zero attached hydrogens (tertiary/aromatic N) is 5. The number of fused-ring (bicyclic) bond motifs is 1. The van der Waals surface area contributed by atoms with E-state index in [1.807, 2.05) is 24.4 Å². The maximum absolute atomic E-state index is 10.5. The predicted octanol–water partition coefficient (Wildman–Crippen LogP) is 6.59. The highest BCUT2D eigenvalue weighted by Crippen LogP contribution is 2.50. The Hall–Kier alpha value is -2.92. The van der Waals surface area contributed by atoms with Gasteiger partial charge in [-0.1, -0.05) is 69.4 Å². The summed E-state index contributed by atoms with van der Waals surface area (Å²) in [6.07, 6.45) is 17.1. The number of likely N-dealkylation sites (N-methyl/N-ethyl adjacent to an activating group) is 1. The van der Waals surface area contributed by atoms with E-state index in [1.165, 1.54) is 0 Å². The van der Waals surface area contributed by atoms with E-state index in [2.05, 4.69) is 91.9 Å². The minimum Gasteiger partial charge on any atom is -0.384 e. The average Bonchev–Trinajstić information content (AvgIpc) is 3.09. The van der Waals surface area contributed by atoms with Crippen molar-refractivity contribution < 1.29 is 9.29 Å². The Bertz CT molecular complexity index is 1330. The molecule has 10 heteroatoms. The molecule has 2 aliphatic heterocycles. The second-order valence-corrected chi connectivity index (χ2v) is 16.0. The molecule has 0 radical (unpaired) electrons. The molecule has 4 rings (SSSR count). The van der Waals surface area contributed by atoms with E-state index in [9.17, 15) is 4.55 Å². The van der Waals surface area contributed by atoms with E-state index in [0.29, 0.717) is 24.3 Å². The second kappa shape index (κ2) is 12.8. The molecule has 0 aromatic carbocycles. The lowest BCUT2D eigenvalue weighted by atomic mass is 9.77. The standard InChI is InChI=1S/C32H49N7O2S/c1-23(2)19-26-32(5,22-41-7)25-20-33-30(34-24-13-11-17-31(3,4)21-38(6)18-12-14-24)36-29(25)39(26)28-16-10-15-27(35-28)37-42(8,9)40/h10-17,20,23,26,40H,18-19,21-22H2,1-9H3,(H,35,37)(H,33,34,36)/b14-12+,17-11+,24-13+/t26-,32?/m1/s1. The largest absolute Gasteiger partial charge is 0.384 e. The molecule has 0 saturated carbocycles. The van der Waals surface area contributed by atoms with Crippen molar-refractivity contribution in [3.8, 4) is 0 Å². The van der Waals surface area contributed by atoms with Crippen molar-refractivity contribution in [1.29, 1.82) is 0 Å². The summed E-state index contributed by atoms with van der Waals surface area (Å²) in [4.78, 5) is 19.4. The topological polar surface area (TPSA) is 98.7 Å². The minimum atomic E-state index is -1.99. The number of allylic oxidation sites excluding steroid dienone is 3. The molecular formula is C32H49N7O2S. The first kappa shape index (κ1) is 32.0. The summed E-state index contributed by atoms with van der Waals surface area (Å²) in [7, 11) is 1.89. The van der Waals surface area contributed by atoms with Crippen LogP contribution in [-0.2, 0) is 10.2 Å². The molecule has 4 heterocycles. The summed E-state index contributed by atoms with van der Waals surface area (Å²) in [6.45, 7) is 13.6. The van der Waals surface area contributed by atoms with E-state index in [4.69, 9.17) is 19.7 Å². The molecule has 1 unspecified atom stereocenters. The molecule has 2 atom stereocenters. The van der Waals surface area contributed by atoms with Crippen molar-refractivity contribution >= 4 is 33.9 Å². The number of methoxy groups -OCH3 is 1. The van der Waals surface area contributed by atoms with Gasteiger partial charge in [0.1, 0.15) is 17.5 Å². The van der Waals surface area contributed by atoms with Gasteiger partial charge in [0.2, 0.25) is 5.95 Å². The van der Waals surface area contributed by atoms with E-state index < -0.39 is 10.5 Å². The molecule has 0 amide bonds. The number of nitrogens with one attached hydrogen (secondary N) is 2. The van der Waals surface area contributed by atoms with Gasteiger partial charge in [0.25, 0.3) is 0 Å². The maximum Gasteiger partial charge on any atom is 0.229 e. The zero-order valence-corrected chi connectivity index (χ0v) is 27.5. The van der Waals surface area contributed by atoms with Crippen molar-refractivity contribution in [1.82, 2.24) is 19.9 Å². The first-order valence-electron chi connectivity index (χ1n) is 14.6. The lowest BCUT2D eigenvalue weighted by Gasteiger charge is -2.37. The summed E-state index contributed by atoms with van der Waals surface area (Å²) in [6, 6.07) is 5.90. The number of rotatable bonds is 9. The molecule has 9 nitrogen and oxygen atoms in total. The van der Waals surface area contributed by atoms with Gasteiger partial charge in [0.05, 0.1) is 6.61 Å². The van der Waals surface area contributed by atoms with Crippen LogP contribution >= 0.6 is 10.5 Å². The number of hydrogen-bond donors (Lipinski definition) is 3. The third kappa shape index (κ3) is 7.72. The lowest BCUT2D eigenvalue weighted by molar-refractivity contribution is 0.123. The zero-order chi connectivity index (χ0) is 30.7. The number of hydrogen-bond acceptors (Lipinski definition) is 9. The van der Waals surface area contributed by atoms with E-state index in [0.717, 1.165) is 42.4 Å². The summed E-state index contributed by atoms with van der Waals surface area (Å²) in [5, 5.41) is 3.46. The fourth-order valence-electron chi connectivity index (χ4n) is 5.91. The Morgan fingerprint density at radius 2 is 1.95 bits per heavy atom. The van der Waals surface area contributed by atoms with Gasteiger partial charge in [-0.25, -0.2) is 9.97 Å². The molecule has 0 fully saturated rings. The zero-order valence-electron chi connectivity index (χ0n) is 26.7. The van der Waals surface area contributed by atoms with E-state index in [1.54, 1.807) is 19.6 Å². The van der Waals surface area contributed by atoms with Gasteiger partial charge in [-0.2, -0.15) is 4.98 Å². The molecule has 0 aliphatic carbocycles. The molecule has 230 valence electrons. The molecule has 2 aromatic heterocycles. The SMILES string of the molecule is COCC1(C)c2cnc(NC3=C/C=C/C(C)(C)CN(C)C\C=C\3)nc2N(c2cccc(NS(C)(C)O)n2)[C@@H]1CC(C)C. The number of ether oxygens (including phenoxy) is 1. The van der Waals surface area contributed by atoms with Crippen LogP contribution in [0.15, 0.2) is 60.5 Å². The Morgan fingerprint density at radius 3 is 2.64 bits per heavy atom. The number of pyridine rings is 1. The van der Waals surface area contributed by atoms with Crippen LogP contribution < -0.4 is 14.9 Å². The van der Waals surface area contributed by atoms with Crippen molar-refractivity contribution in [2.45, 2.75) is 52.5 Å². The fraction of sp³-hybridized carbons (Fsp3) is 0.531. The number of anilines is 4. The smallest absolute Gasteiger partial charge is 0.229 e. The first-order valence-corrected chi connectivity index (χ1v) is 17.0. The molecule has 0 spiro atoms. The quantitative estimate of drug-likeness (QED) is 0.297. The van der Waals surface area contributed by atoms with Gasteiger partial charge in [-0.3, -0.25) is 0 Å². The fourth-order valence-corrected chi connectivity index (χ4v) is 6.53. The maximum atomic E-state index is 10.5. The molecule has 0 bridgehead atoms. The van der Waals surface area contributed by atoms with Crippen LogP contribution in [-0.4, -0.2) is 76.8 Å². The van der Waals surface area contributed by atoms with Gasteiger partial charge in [0, 0.05) is 61.6 Å². The monoisotopic (exact) mass is 595 g/mol. The van der Waals surface area contributed by atoms with Gasteiger partial charge in [-0.15, -0.1) is 0 Å². The van der Waals surface area contributed by atoms with Crippen LogP contribution in [0.5, 0.6) is 0 Å². The van der Waals surface area contributed by atoms with Gasteiger partial charge in [0.15, 0.2) is 0 Å². The Morgan fingerprint density at radius 1 is 1.19 bits per heavy atom. The summed E-state index contributed by atoms with van der Waals surface area (Å²) >= 11 is 0. The lowest BCUT2D eigenvalue weighted by Crippen LogP contribution is -2.45. The van der Waals surface area contributed by atoms with Crippen molar-refractivity contribution in [3.63, 3.8) is 0 Å². The Kier molecular flexibility index (Phi) is 9.72. The summed E-state index contributed by atoms with van der Waals surface area (Å²) in [5.74, 6) is 3.17. The van der Waals surface area contributed by atoms with Gasteiger partial charge >= 0.3 is 0 Å². The van der Waals surface area contributed by atoms with E-state index in [-0.39, 0.29) is 16.9 Å². The molecule has 3 N–H and O–H groups in total. The third-order valence-corrected chi connectivity index (χ3v) is 8.31. The van der Waals surface area contributed by atoms with Crippen LogP contribution in [0.2, 0.25) is 0 Å². The molecule has 42 heavy (non-hydrogen) atoms. The van der Waals surface area contributed by atoms with Crippen molar-refractivity contribution in [2.24, 2.45) is 11.3 Å². The summed E-state index contributed by atoms with van der Waals surface area (Å²) < 4.78 is 19.4. The van der Waals surface area contributed by atoms with Crippen molar-refractivity contribution in [3.05, 3.63) is 66.0 Å². The Balaban J connectivity index is 1.79. The molecular weight excluding hydrogens is 546 g/mol. The van der Waals surface area contributed by atoms with Gasteiger partial charge < -0.3 is 29.1 Å². The van der Waals surface area contributed by atoms with Crippen LogP contribution in [0.4, 0.5) is 23.4 Å². The molecule has 2 aromatic rings. The third-order valence-electron chi connectivity index (χ3n) is 7.60. The van der Waals surface area contributed by atoms with Crippen LogP contribution in [0.25, 0.3) is 0 Å². The van der Waals surface area contributed by atoms with Crippen molar-refractivity contribution in [2.75, 3.05) is 61.3 Å². The Labute approximate surface area is 253 Å². The highest BCUT2D eigenvalue weighted by molar-refractivity contribution is 8.29.